The van der Waals surface area contributed by atoms with Crippen LogP contribution in [-0.2, 0) is 4.74 Å². The van der Waals surface area contributed by atoms with Gasteiger partial charge < -0.3 is 18.6 Å². The highest BCUT2D eigenvalue weighted by Crippen LogP contribution is 2.31. The van der Waals surface area contributed by atoms with Crippen LogP contribution >= 0.6 is 0 Å². The molecule has 0 aliphatic carbocycles. The zero-order valence-electron chi connectivity index (χ0n) is 14.4. The first-order chi connectivity index (χ1) is 11.7. The van der Waals surface area contributed by atoms with Crippen LogP contribution in [0, 0.1) is 6.92 Å². The second-order valence-electron chi connectivity index (χ2n) is 6.54. The van der Waals surface area contributed by atoms with Crippen molar-refractivity contribution in [3.63, 3.8) is 0 Å². The number of methoxy groups -OCH3 is 1. The van der Waals surface area contributed by atoms with Gasteiger partial charge in [-0.2, -0.15) is 0 Å². The Kier molecular flexibility index (Phi) is 3.76. The second-order valence-corrected chi connectivity index (χ2v) is 6.54. The lowest BCUT2D eigenvalue weighted by atomic mass is 10.1. The Labute approximate surface area is 141 Å². The van der Waals surface area contributed by atoms with Crippen molar-refractivity contribution >= 4 is 11.3 Å². The molecule has 0 radical (unpaired) electrons. The average Bonchev–Trinajstić information content (AvgIpc) is 3.31. The number of aromatic nitrogens is 4. The molecule has 6 heteroatoms. The largest absolute Gasteiger partial charge is 0.377 e. The second kappa shape index (κ2) is 5.94. The fourth-order valence-corrected chi connectivity index (χ4v) is 3.54. The van der Waals surface area contributed by atoms with Crippen molar-refractivity contribution in [1.29, 1.82) is 0 Å². The van der Waals surface area contributed by atoms with Crippen molar-refractivity contribution in [3.8, 4) is 0 Å². The van der Waals surface area contributed by atoms with Crippen LogP contribution in [0.4, 0.5) is 5.69 Å². The maximum Gasteiger partial charge on any atom is 0.142 e. The van der Waals surface area contributed by atoms with Gasteiger partial charge in [0.15, 0.2) is 0 Å². The van der Waals surface area contributed by atoms with E-state index in [1.54, 1.807) is 7.11 Å². The van der Waals surface area contributed by atoms with Crippen molar-refractivity contribution in [2.75, 3.05) is 25.1 Å². The van der Waals surface area contributed by atoms with Gasteiger partial charge in [0.05, 0.1) is 29.9 Å². The Morgan fingerprint density at radius 1 is 1.33 bits per heavy atom. The highest BCUT2D eigenvalue weighted by atomic mass is 16.5. The predicted octanol–water partition coefficient (Wildman–Crippen LogP) is 3.00. The van der Waals surface area contributed by atoms with Crippen LogP contribution in [0.3, 0.4) is 0 Å². The summed E-state index contributed by atoms with van der Waals surface area (Å²) >= 11 is 0. The first kappa shape index (κ1) is 15.2. The number of nitrogens with zero attached hydrogens (tertiary/aromatic N) is 5. The molecular formula is C18H23N5O. The van der Waals surface area contributed by atoms with Crippen molar-refractivity contribution < 1.29 is 4.74 Å². The first-order valence-corrected chi connectivity index (χ1v) is 8.40. The van der Waals surface area contributed by atoms with Gasteiger partial charge in [0.1, 0.15) is 5.65 Å². The molecule has 0 spiro atoms. The molecule has 126 valence electrons. The van der Waals surface area contributed by atoms with Crippen molar-refractivity contribution in [3.05, 3.63) is 48.4 Å². The van der Waals surface area contributed by atoms with Crippen molar-refractivity contribution in [2.24, 2.45) is 0 Å². The molecule has 0 N–H and O–H groups in total. The van der Waals surface area contributed by atoms with Gasteiger partial charge >= 0.3 is 0 Å². The lowest BCUT2D eigenvalue weighted by Gasteiger charge is -2.21. The minimum atomic E-state index is 0.0151. The Bertz CT molecular complexity index is 839. The fourth-order valence-electron chi connectivity index (χ4n) is 3.54. The molecule has 1 aliphatic rings. The van der Waals surface area contributed by atoms with Gasteiger partial charge in [-0.25, -0.2) is 9.97 Å². The van der Waals surface area contributed by atoms with Crippen molar-refractivity contribution in [1.82, 2.24) is 18.9 Å². The molecule has 0 aromatic carbocycles. The lowest BCUT2D eigenvalue weighted by molar-refractivity contribution is 0.120. The van der Waals surface area contributed by atoms with E-state index in [2.05, 4.69) is 55.4 Å². The van der Waals surface area contributed by atoms with Gasteiger partial charge in [0.2, 0.25) is 0 Å². The van der Waals surface area contributed by atoms with Gasteiger partial charge in [0, 0.05) is 50.6 Å². The summed E-state index contributed by atoms with van der Waals surface area (Å²) in [7, 11) is 1.74. The minimum Gasteiger partial charge on any atom is -0.377 e. The predicted molar refractivity (Wildman–Crippen MR) is 93.4 cm³/mol. The summed E-state index contributed by atoms with van der Waals surface area (Å²) in [5.74, 6) is 0. The van der Waals surface area contributed by atoms with E-state index in [0.29, 0.717) is 6.04 Å². The van der Waals surface area contributed by atoms with Gasteiger partial charge in [-0.3, -0.25) is 0 Å². The van der Waals surface area contributed by atoms with E-state index in [1.165, 1.54) is 5.69 Å². The highest BCUT2D eigenvalue weighted by Gasteiger charge is 2.25. The third-order valence-corrected chi connectivity index (χ3v) is 4.95. The summed E-state index contributed by atoms with van der Waals surface area (Å²) in [6, 6.07) is 2.71. The number of hydrogen-bond acceptors (Lipinski definition) is 4. The summed E-state index contributed by atoms with van der Waals surface area (Å²) < 4.78 is 9.90. The third kappa shape index (κ3) is 2.57. The van der Waals surface area contributed by atoms with E-state index in [9.17, 15) is 0 Å². The van der Waals surface area contributed by atoms with Crippen LogP contribution in [0.1, 0.15) is 36.7 Å². The average molecular weight is 325 g/mol. The summed E-state index contributed by atoms with van der Waals surface area (Å²) in [4.78, 5) is 11.3. The normalized spacial score (nSPS) is 19.3. The zero-order valence-corrected chi connectivity index (χ0v) is 14.4. The number of aryl methyl sites for hydroxylation is 1. The summed E-state index contributed by atoms with van der Waals surface area (Å²) in [5, 5.41) is 0. The van der Waals surface area contributed by atoms with Crippen LogP contribution in [0.15, 0.2) is 37.2 Å². The monoisotopic (exact) mass is 325 g/mol. The number of pyridine rings is 1. The smallest absolute Gasteiger partial charge is 0.142 e. The van der Waals surface area contributed by atoms with E-state index in [1.807, 2.05) is 19.4 Å². The molecule has 0 bridgehead atoms. The molecule has 0 amide bonds. The minimum absolute atomic E-state index is 0.0151. The Morgan fingerprint density at radius 2 is 2.21 bits per heavy atom. The van der Waals surface area contributed by atoms with Crippen LogP contribution in [0.25, 0.3) is 5.65 Å². The molecular weight excluding hydrogens is 302 g/mol. The number of hydrogen-bond donors (Lipinski definition) is 0. The van der Waals surface area contributed by atoms with Crippen LogP contribution < -0.4 is 4.90 Å². The van der Waals surface area contributed by atoms with E-state index >= 15 is 0 Å². The molecule has 1 unspecified atom stereocenters. The summed E-state index contributed by atoms with van der Waals surface area (Å²) in [6.45, 7) is 6.14. The van der Waals surface area contributed by atoms with E-state index < -0.39 is 0 Å². The fraction of sp³-hybridized carbons (Fsp3) is 0.444. The SMILES string of the molecule is CO[C@H](C)c1cc(N2CCC(n3ccnc3)C2)cn2cc(C)nc12. The number of fused-ring (bicyclic) bond motifs is 1. The van der Waals surface area contributed by atoms with Crippen LogP contribution in [0.5, 0.6) is 0 Å². The number of ether oxygens (including phenoxy) is 1. The van der Waals surface area contributed by atoms with E-state index in [0.717, 1.165) is 36.4 Å². The molecule has 3 aromatic heterocycles. The molecule has 4 rings (SSSR count). The maximum atomic E-state index is 5.57. The molecule has 3 aromatic rings. The molecule has 24 heavy (non-hydrogen) atoms. The summed E-state index contributed by atoms with van der Waals surface area (Å²) in [6.07, 6.45) is 11.2. The third-order valence-electron chi connectivity index (χ3n) is 4.95. The molecule has 1 saturated heterocycles. The molecule has 1 fully saturated rings. The Morgan fingerprint density at radius 3 is 2.96 bits per heavy atom. The molecule has 1 aliphatic heterocycles. The molecule has 4 heterocycles. The Hall–Kier alpha value is -2.34. The van der Waals surface area contributed by atoms with E-state index in [4.69, 9.17) is 4.74 Å². The maximum absolute atomic E-state index is 5.57. The van der Waals surface area contributed by atoms with Gasteiger partial charge in [-0.15, -0.1) is 0 Å². The topological polar surface area (TPSA) is 47.6 Å². The molecule has 0 saturated carbocycles. The molecule has 6 nitrogen and oxygen atoms in total. The van der Waals surface area contributed by atoms with Crippen LogP contribution in [-0.4, -0.2) is 39.1 Å². The quantitative estimate of drug-likeness (QED) is 0.740. The number of rotatable bonds is 4. The molecule has 2 atom stereocenters. The number of anilines is 1. The van der Waals surface area contributed by atoms with Crippen LogP contribution in [0.2, 0.25) is 0 Å². The number of imidazole rings is 2. The van der Waals surface area contributed by atoms with Gasteiger partial charge in [-0.05, 0) is 26.3 Å². The van der Waals surface area contributed by atoms with Gasteiger partial charge in [-0.1, -0.05) is 0 Å². The zero-order chi connectivity index (χ0) is 16.7. The Balaban J connectivity index is 1.69. The summed E-state index contributed by atoms with van der Waals surface area (Å²) in [5.41, 5.74) is 4.36. The standard InChI is InChI=1S/C18H23N5O/c1-13-9-23-11-16(8-17(14(2)24-3)18(23)20-13)21-6-4-15(10-21)22-7-5-19-12-22/h5,7-9,11-12,14-15H,4,6,10H2,1-3H3/t14-,15?/m1/s1. The lowest BCUT2D eigenvalue weighted by Crippen LogP contribution is -2.21. The van der Waals surface area contributed by atoms with E-state index in [-0.39, 0.29) is 6.10 Å². The van der Waals surface area contributed by atoms with Gasteiger partial charge in [0.25, 0.3) is 0 Å². The highest BCUT2D eigenvalue weighted by molar-refractivity contribution is 5.59. The van der Waals surface area contributed by atoms with Crippen molar-refractivity contribution in [2.45, 2.75) is 32.4 Å². The first-order valence-electron chi connectivity index (χ1n) is 8.40.